The Labute approximate surface area is 199 Å². The lowest BCUT2D eigenvalue weighted by Gasteiger charge is -2.18. The van der Waals surface area contributed by atoms with E-state index in [1.165, 1.54) is 4.31 Å². The molecule has 4 aromatic rings. The highest BCUT2D eigenvalue weighted by atomic mass is 32.2. The molecule has 0 saturated heterocycles. The van der Waals surface area contributed by atoms with E-state index in [1.807, 2.05) is 55.7 Å². The van der Waals surface area contributed by atoms with Gasteiger partial charge in [-0.05, 0) is 49.4 Å². The monoisotopic (exact) mass is 479 g/mol. The number of sulfonamides is 1. The Morgan fingerprint density at radius 3 is 2.56 bits per heavy atom. The molecule has 0 bridgehead atoms. The number of hydrogen-bond acceptors (Lipinski definition) is 5. The molecule has 0 aliphatic carbocycles. The minimum atomic E-state index is -3.57. The van der Waals surface area contributed by atoms with Crippen LogP contribution in [-0.4, -0.2) is 46.3 Å². The molecule has 0 atom stereocenters. The first kappa shape index (κ1) is 23.8. The van der Waals surface area contributed by atoms with Gasteiger partial charge in [0.15, 0.2) is 0 Å². The SMILES string of the molecule is CCN(CC)S(=O)(=O)c1ccc2c(c1)nc(CCC(=O)Nc1cccc3ncccc13)n2CC. The van der Waals surface area contributed by atoms with E-state index in [-0.39, 0.29) is 17.2 Å². The lowest BCUT2D eigenvalue weighted by Crippen LogP contribution is -2.30. The van der Waals surface area contributed by atoms with Crippen LogP contribution in [0.25, 0.3) is 21.9 Å². The van der Waals surface area contributed by atoms with Crippen LogP contribution in [-0.2, 0) is 27.8 Å². The van der Waals surface area contributed by atoms with E-state index in [2.05, 4.69) is 15.3 Å². The fraction of sp³-hybridized carbons (Fsp3) is 0.320. The summed E-state index contributed by atoms with van der Waals surface area (Å²) in [5.74, 6) is 0.639. The standard InChI is InChI=1S/C25H29N5O3S/c1-4-29(5-2)34(32,33)18-12-13-23-22(17-18)27-24(30(23)6-3)14-15-25(31)28-21-11-7-10-20-19(21)9-8-16-26-20/h7-13,16-17H,4-6,14-15H2,1-3H3,(H,28,31). The van der Waals surface area contributed by atoms with Crippen LogP contribution >= 0.6 is 0 Å². The highest BCUT2D eigenvalue weighted by Gasteiger charge is 2.23. The highest BCUT2D eigenvalue weighted by Crippen LogP contribution is 2.24. The van der Waals surface area contributed by atoms with Crippen LogP contribution in [0.15, 0.2) is 59.6 Å². The number of amides is 1. The van der Waals surface area contributed by atoms with Crippen molar-refractivity contribution in [3.8, 4) is 0 Å². The number of anilines is 1. The second kappa shape index (κ2) is 9.90. The maximum atomic E-state index is 12.9. The summed E-state index contributed by atoms with van der Waals surface area (Å²) in [6.07, 6.45) is 2.42. The van der Waals surface area contributed by atoms with Gasteiger partial charge in [-0.15, -0.1) is 0 Å². The number of nitrogens with one attached hydrogen (secondary N) is 1. The molecule has 9 heteroatoms. The maximum absolute atomic E-state index is 12.9. The molecule has 0 aliphatic heterocycles. The summed E-state index contributed by atoms with van der Waals surface area (Å²) in [4.78, 5) is 22.0. The topological polar surface area (TPSA) is 97.2 Å². The van der Waals surface area contributed by atoms with Gasteiger partial charge in [0.2, 0.25) is 15.9 Å². The van der Waals surface area contributed by atoms with Crippen LogP contribution in [0.4, 0.5) is 5.69 Å². The predicted molar refractivity (Wildman–Crippen MR) is 134 cm³/mol. The van der Waals surface area contributed by atoms with E-state index in [0.717, 1.165) is 27.9 Å². The van der Waals surface area contributed by atoms with Gasteiger partial charge in [-0.3, -0.25) is 9.78 Å². The Balaban J connectivity index is 1.55. The molecule has 2 aromatic carbocycles. The molecular formula is C25H29N5O3S. The first-order chi connectivity index (χ1) is 16.4. The molecule has 34 heavy (non-hydrogen) atoms. The third-order valence-corrected chi connectivity index (χ3v) is 8.00. The van der Waals surface area contributed by atoms with Crippen molar-refractivity contribution in [2.75, 3.05) is 18.4 Å². The molecule has 1 N–H and O–H groups in total. The van der Waals surface area contributed by atoms with Crippen molar-refractivity contribution in [3.63, 3.8) is 0 Å². The quantitative estimate of drug-likeness (QED) is 0.388. The van der Waals surface area contributed by atoms with Gasteiger partial charge in [0.1, 0.15) is 5.82 Å². The fourth-order valence-corrected chi connectivity index (χ4v) is 5.71. The van der Waals surface area contributed by atoms with E-state index in [4.69, 9.17) is 0 Å². The molecule has 0 spiro atoms. The first-order valence-corrected chi connectivity index (χ1v) is 13.0. The average molecular weight is 480 g/mol. The zero-order chi connectivity index (χ0) is 24.3. The van der Waals surface area contributed by atoms with Gasteiger partial charge in [-0.2, -0.15) is 4.31 Å². The molecule has 0 saturated carbocycles. The number of carbonyl (C=O) groups excluding carboxylic acids is 1. The van der Waals surface area contributed by atoms with Crippen molar-refractivity contribution in [1.82, 2.24) is 18.8 Å². The summed E-state index contributed by atoms with van der Waals surface area (Å²) in [5, 5.41) is 3.87. The van der Waals surface area contributed by atoms with Gasteiger partial charge in [-0.1, -0.05) is 19.9 Å². The number of pyridine rings is 1. The number of rotatable bonds is 9. The van der Waals surface area contributed by atoms with Gasteiger partial charge in [0.05, 0.1) is 27.1 Å². The summed E-state index contributed by atoms with van der Waals surface area (Å²) < 4.78 is 29.3. The van der Waals surface area contributed by atoms with Gasteiger partial charge in [-0.25, -0.2) is 13.4 Å². The molecule has 2 aromatic heterocycles. The van der Waals surface area contributed by atoms with Crippen LogP contribution < -0.4 is 5.32 Å². The molecule has 1 amide bonds. The van der Waals surface area contributed by atoms with E-state index in [9.17, 15) is 13.2 Å². The molecule has 2 heterocycles. The summed E-state index contributed by atoms with van der Waals surface area (Å²) >= 11 is 0. The van der Waals surface area contributed by atoms with E-state index < -0.39 is 10.0 Å². The number of fused-ring (bicyclic) bond motifs is 2. The predicted octanol–water partition coefficient (Wildman–Crippen LogP) is 4.21. The zero-order valence-electron chi connectivity index (χ0n) is 19.7. The normalized spacial score (nSPS) is 12.0. The largest absolute Gasteiger partial charge is 0.328 e. The van der Waals surface area contributed by atoms with Gasteiger partial charge >= 0.3 is 0 Å². The minimum absolute atomic E-state index is 0.115. The number of hydrogen-bond donors (Lipinski definition) is 1. The summed E-state index contributed by atoms with van der Waals surface area (Å²) in [6, 6.07) is 14.5. The van der Waals surface area contributed by atoms with E-state index in [0.29, 0.717) is 31.6 Å². The van der Waals surface area contributed by atoms with Crippen LogP contribution in [0.3, 0.4) is 0 Å². The lowest BCUT2D eigenvalue weighted by atomic mass is 10.1. The molecule has 0 radical (unpaired) electrons. The maximum Gasteiger partial charge on any atom is 0.243 e. The van der Waals surface area contributed by atoms with Crippen LogP contribution in [0.5, 0.6) is 0 Å². The summed E-state index contributed by atoms with van der Waals surface area (Å²) in [6.45, 7) is 7.15. The summed E-state index contributed by atoms with van der Waals surface area (Å²) in [5.41, 5.74) is 3.02. The van der Waals surface area contributed by atoms with Gasteiger partial charge in [0.25, 0.3) is 0 Å². The molecule has 178 valence electrons. The fourth-order valence-electron chi connectivity index (χ4n) is 4.23. The number of benzene rings is 2. The van der Waals surface area contributed by atoms with Crippen molar-refractivity contribution in [2.45, 2.75) is 45.1 Å². The summed E-state index contributed by atoms with van der Waals surface area (Å²) in [7, 11) is -3.57. The third-order valence-electron chi connectivity index (χ3n) is 5.95. The van der Waals surface area contributed by atoms with Gasteiger partial charge in [0, 0.05) is 44.1 Å². The second-order valence-electron chi connectivity index (χ2n) is 7.94. The molecule has 4 rings (SSSR count). The Morgan fingerprint density at radius 1 is 1.03 bits per heavy atom. The highest BCUT2D eigenvalue weighted by molar-refractivity contribution is 7.89. The molecular weight excluding hydrogens is 450 g/mol. The van der Waals surface area contributed by atoms with E-state index in [1.54, 1.807) is 24.4 Å². The number of aryl methyl sites for hydroxylation is 2. The molecule has 8 nitrogen and oxygen atoms in total. The van der Waals surface area contributed by atoms with Crippen LogP contribution in [0, 0.1) is 0 Å². The van der Waals surface area contributed by atoms with Crippen molar-refractivity contribution in [1.29, 1.82) is 0 Å². The van der Waals surface area contributed by atoms with Crippen LogP contribution in [0.1, 0.15) is 33.0 Å². The third kappa shape index (κ3) is 4.53. The number of carbonyl (C=O) groups is 1. The molecule has 0 unspecified atom stereocenters. The van der Waals surface area contributed by atoms with Crippen molar-refractivity contribution in [2.24, 2.45) is 0 Å². The first-order valence-electron chi connectivity index (χ1n) is 11.5. The Kier molecular flexibility index (Phi) is 6.95. The average Bonchev–Trinajstić information content (AvgIpc) is 3.20. The van der Waals surface area contributed by atoms with Gasteiger partial charge < -0.3 is 9.88 Å². The van der Waals surface area contributed by atoms with Crippen molar-refractivity contribution >= 4 is 43.6 Å². The van der Waals surface area contributed by atoms with E-state index >= 15 is 0 Å². The minimum Gasteiger partial charge on any atom is -0.328 e. The Hall–Kier alpha value is -3.30. The lowest BCUT2D eigenvalue weighted by molar-refractivity contribution is -0.116. The van der Waals surface area contributed by atoms with Crippen LogP contribution in [0.2, 0.25) is 0 Å². The number of imidazole rings is 1. The van der Waals surface area contributed by atoms with Crippen molar-refractivity contribution in [3.05, 3.63) is 60.6 Å². The Morgan fingerprint density at radius 2 is 1.82 bits per heavy atom. The Bertz CT molecular complexity index is 1440. The smallest absolute Gasteiger partial charge is 0.243 e. The zero-order valence-corrected chi connectivity index (χ0v) is 20.5. The molecule has 0 aliphatic rings. The molecule has 0 fully saturated rings. The number of aromatic nitrogens is 3. The number of nitrogens with zero attached hydrogens (tertiary/aromatic N) is 4. The second-order valence-corrected chi connectivity index (χ2v) is 9.87. The van der Waals surface area contributed by atoms with Crippen molar-refractivity contribution < 1.29 is 13.2 Å².